The molecule has 2 amide bonds. The summed E-state index contributed by atoms with van der Waals surface area (Å²) in [7, 11) is 0. The third-order valence-electron chi connectivity index (χ3n) is 5.93. The second-order valence-corrected chi connectivity index (χ2v) is 8.66. The van der Waals surface area contributed by atoms with Crippen LogP contribution in [0, 0.1) is 5.92 Å². The first-order valence-corrected chi connectivity index (χ1v) is 11.4. The van der Waals surface area contributed by atoms with Crippen LogP contribution in [-0.4, -0.2) is 85.9 Å². The monoisotopic (exact) mass is 526 g/mol. The lowest BCUT2D eigenvalue weighted by Gasteiger charge is -2.36. The van der Waals surface area contributed by atoms with Crippen LogP contribution < -0.4 is 21.1 Å². The molecular formula is C21H28F6N6O3. The van der Waals surface area contributed by atoms with Crippen LogP contribution in [0.5, 0.6) is 0 Å². The van der Waals surface area contributed by atoms with Crippen molar-refractivity contribution in [3.8, 4) is 0 Å². The van der Waals surface area contributed by atoms with E-state index in [1.165, 1.54) is 6.07 Å². The predicted octanol–water partition coefficient (Wildman–Crippen LogP) is 1.32. The summed E-state index contributed by atoms with van der Waals surface area (Å²) in [6.45, 7) is 3.27. The largest absolute Gasteiger partial charge is 0.433 e. The lowest BCUT2D eigenvalue weighted by Crippen LogP contribution is -2.64. The number of hydrogen-bond donors (Lipinski definition) is 3. The van der Waals surface area contributed by atoms with Gasteiger partial charge in [-0.15, -0.1) is 0 Å². The molecule has 0 bridgehead atoms. The number of hydrazine groups is 1. The number of rotatable bonds is 8. The molecule has 0 radical (unpaired) electrons. The highest BCUT2D eigenvalue weighted by Crippen LogP contribution is 2.30. The fraction of sp³-hybridized carbons (Fsp3) is 0.667. The van der Waals surface area contributed by atoms with Gasteiger partial charge in [0.25, 0.3) is 0 Å². The van der Waals surface area contributed by atoms with Crippen LogP contribution in [0.25, 0.3) is 0 Å². The van der Waals surface area contributed by atoms with Crippen molar-refractivity contribution >= 4 is 17.5 Å². The molecule has 202 valence electrons. The van der Waals surface area contributed by atoms with Crippen LogP contribution in [0.2, 0.25) is 0 Å². The maximum Gasteiger partial charge on any atom is 0.433 e. The highest BCUT2D eigenvalue weighted by atomic mass is 19.4. The summed E-state index contributed by atoms with van der Waals surface area (Å²) in [6, 6.07) is 0.616. The number of carbonyl (C=O) groups is 2. The van der Waals surface area contributed by atoms with Gasteiger partial charge in [-0.3, -0.25) is 15.0 Å². The second kappa shape index (κ2) is 11.6. The van der Waals surface area contributed by atoms with Crippen molar-refractivity contribution in [3.63, 3.8) is 0 Å². The quantitative estimate of drug-likeness (QED) is 0.347. The van der Waals surface area contributed by atoms with Crippen LogP contribution in [0.1, 0.15) is 19.0 Å². The number of pyridine rings is 1. The average Bonchev–Trinajstić information content (AvgIpc) is 2.80. The number of aromatic nitrogens is 1. The van der Waals surface area contributed by atoms with E-state index in [9.17, 15) is 35.9 Å². The van der Waals surface area contributed by atoms with Crippen LogP contribution in [0.15, 0.2) is 18.3 Å². The Labute approximate surface area is 203 Å². The minimum Gasteiger partial charge on any atom is -0.379 e. The summed E-state index contributed by atoms with van der Waals surface area (Å²) in [5, 5.41) is 2.75. The first-order valence-electron chi connectivity index (χ1n) is 11.4. The smallest absolute Gasteiger partial charge is 0.379 e. The van der Waals surface area contributed by atoms with Crippen molar-refractivity contribution in [3.05, 3.63) is 24.0 Å². The third-order valence-corrected chi connectivity index (χ3v) is 5.93. The third kappa shape index (κ3) is 7.43. The number of hydrogen-bond acceptors (Lipinski definition) is 7. The molecule has 3 rings (SSSR count). The number of ether oxygens (including phenoxy) is 1. The number of halogens is 6. The van der Waals surface area contributed by atoms with E-state index in [-0.39, 0.29) is 32.1 Å². The van der Waals surface area contributed by atoms with E-state index in [0.29, 0.717) is 31.9 Å². The molecular weight excluding hydrogens is 498 g/mol. The number of amides is 2. The molecule has 0 aromatic carbocycles. The fourth-order valence-electron chi connectivity index (χ4n) is 4.10. The average molecular weight is 526 g/mol. The first-order chi connectivity index (χ1) is 16.9. The minimum atomic E-state index is -4.69. The molecule has 1 aromatic rings. The second-order valence-electron chi connectivity index (χ2n) is 8.66. The van der Waals surface area contributed by atoms with Crippen molar-refractivity contribution < 1.29 is 40.7 Å². The van der Waals surface area contributed by atoms with E-state index < -0.39 is 42.0 Å². The van der Waals surface area contributed by atoms with Gasteiger partial charge in [-0.05, 0) is 19.1 Å². The number of nitrogens with zero attached hydrogens (tertiary/aromatic N) is 3. The molecule has 1 aromatic heterocycles. The Balaban J connectivity index is 1.36. The van der Waals surface area contributed by atoms with Gasteiger partial charge in [0.05, 0.1) is 31.5 Å². The molecule has 2 unspecified atom stereocenters. The maximum absolute atomic E-state index is 13.2. The molecule has 0 saturated carbocycles. The van der Waals surface area contributed by atoms with Gasteiger partial charge < -0.3 is 19.9 Å². The van der Waals surface area contributed by atoms with E-state index in [2.05, 4.69) is 15.7 Å². The summed E-state index contributed by atoms with van der Waals surface area (Å²) in [4.78, 5) is 31.0. The predicted molar refractivity (Wildman–Crippen MR) is 116 cm³/mol. The van der Waals surface area contributed by atoms with Gasteiger partial charge in [0.1, 0.15) is 5.69 Å². The van der Waals surface area contributed by atoms with Crippen LogP contribution in [-0.2, 0) is 20.5 Å². The topological polar surface area (TPSA) is 98.8 Å². The van der Waals surface area contributed by atoms with Gasteiger partial charge in [-0.2, -0.15) is 26.3 Å². The molecule has 36 heavy (non-hydrogen) atoms. The molecule has 2 aliphatic heterocycles. The molecule has 9 nitrogen and oxygen atoms in total. The van der Waals surface area contributed by atoms with Crippen molar-refractivity contribution in [2.75, 3.05) is 50.8 Å². The summed E-state index contributed by atoms with van der Waals surface area (Å²) < 4.78 is 83.0. The Bertz CT molecular complexity index is 890. The zero-order valence-electron chi connectivity index (χ0n) is 19.5. The van der Waals surface area contributed by atoms with Gasteiger partial charge in [-0.25, -0.2) is 10.4 Å². The molecule has 2 fully saturated rings. The molecule has 0 aliphatic carbocycles. The number of piperazine rings is 1. The van der Waals surface area contributed by atoms with Crippen molar-refractivity contribution in [2.24, 2.45) is 5.92 Å². The summed E-state index contributed by atoms with van der Waals surface area (Å²) >= 11 is 0. The lowest BCUT2D eigenvalue weighted by molar-refractivity contribution is -0.193. The number of carbonyl (C=O) groups excluding carboxylic acids is 2. The van der Waals surface area contributed by atoms with Crippen molar-refractivity contribution in [1.29, 1.82) is 0 Å². The van der Waals surface area contributed by atoms with Crippen molar-refractivity contribution in [1.82, 2.24) is 26.1 Å². The minimum absolute atomic E-state index is 0.0463. The standard InChI is InChI=1S/C21H28F6N6O3/c1-13(30-15-11-29-31-19(35)18(15)21(25,26)27)12-36-9-4-17(34)33-7-5-32(6-8-33)14-2-3-16(28-10-14)20(22,23)24/h2-3,10,13,15,18,29-30H,4-9,11-12H2,1H3,(H,31,35)/t13-,15?,18?/m0/s1. The van der Waals surface area contributed by atoms with Crippen LogP contribution in [0.3, 0.4) is 0 Å². The number of anilines is 1. The molecule has 2 saturated heterocycles. The first kappa shape index (κ1) is 27.9. The zero-order valence-corrected chi connectivity index (χ0v) is 19.5. The van der Waals surface area contributed by atoms with Gasteiger partial charge in [0.2, 0.25) is 11.8 Å². The van der Waals surface area contributed by atoms with E-state index in [0.717, 1.165) is 12.3 Å². The summed E-state index contributed by atoms with van der Waals surface area (Å²) in [6.07, 6.45) is -7.96. The van der Waals surface area contributed by atoms with E-state index >= 15 is 0 Å². The highest BCUT2D eigenvalue weighted by molar-refractivity contribution is 5.80. The molecule has 15 heteroatoms. The normalized spacial score (nSPS) is 22.4. The van der Waals surface area contributed by atoms with Gasteiger partial charge in [0.15, 0.2) is 5.92 Å². The fourth-order valence-corrected chi connectivity index (χ4v) is 4.10. The van der Waals surface area contributed by atoms with Gasteiger partial charge in [0, 0.05) is 44.8 Å². The Kier molecular flexibility index (Phi) is 9.00. The van der Waals surface area contributed by atoms with Gasteiger partial charge >= 0.3 is 12.4 Å². The molecule has 3 N–H and O–H groups in total. The SMILES string of the molecule is C[C@@H](COCCC(=O)N1CCN(c2ccc(C(F)(F)F)nc2)CC1)NC1CNNC(=O)C1C(F)(F)F. The molecule has 3 atom stereocenters. The Morgan fingerprint density at radius 3 is 2.47 bits per heavy atom. The summed E-state index contributed by atoms with van der Waals surface area (Å²) in [5.41, 5.74) is 3.99. The lowest BCUT2D eigenvalue weighted by atomic mass is 9.96. The van der Waals surface area contributed by atoms with Gasteiger partial charge in [-0.1, -0.05) is 0 Å². The Morgan fingerprint density at radius 1 is 1.19 bits per heavy atom. The van der Waals surface area contributed by atoms with Crippen LogP contribution in [0.4, 0.5) is 32.0 Å². The number of alkyl halides is 6. The van der Waals surface area contributed by atoms with Crippen molar-refractivity contribution in [2.45, 2.75) is 37.8 Å². The highest BCUT2D eigenvalue weighted by Gasteiger charge is 2.51. The van der Waals surface area contributed by atoms with E-state index in [4.69, 9.17) is 4.74 Å². The van der Waals surface area contributed by atoms with E-state index in [1.54, 1.807) is 11.8 Å². The number of nitrogens with one attached hydrogen (secondary N) is 3. The summed E-state index contributed by atoms with van der Waals surface area (Å²) in [5.74, 6) is -3.49. The maximum atomic E-state index is 13.2. The molecule has 3 heterocycles. The molecule has 0 spiro atoms. The molecule has 2 aliphatic rings. The van der Waals surface area contributed by atoms with E-state index in [1.807, 2.05) is 10.3 Å². The Hall–Kier alpha value is -2.65. The zero-order chi connectivity index (χ0) is 26.5. The Morgan fingerprint density at radius 2 is 1.89 bits per heavy atom. The van der Waals surface area contributed by atoms with Crippen LogP contribution >= 0.6 is 0 Å².